The summed E-state index contributed by atoms with van der Waals surface area (Å²) in [6.07, 6.45) is 3.72. The molecule has 0 aliphatic heterocycles. The van der Waals surface area contributed by atoms with Gasteiger partial charge in [-0.2, -0.15) is 0 Å². The molecule has 2 aromatic rings. The summed E-state index contributed by atoms with van der Waals surface area (Å²) in [6, 6.07) is 4.63. The number of aryl methyl sites for hydroxylation is 3. The molecule has 100 valence electrons. The van der Waals surface area contributed by atoms with Crippen LogP contribution in [-0.4, -0.2) is 4.98 Å². The van der Waals surface area contributed by atoms with Gasteiger partial charge in [0.25, 0.3) is 0 Å². The number of hydrogen-bond acceptors (Lipinski definition) is 1. The summed E-state index contributed by atoms with van der Waals surface area (Å²) in [4.78, 5) is 4.86. The van der Waals surface area contributed by atoms with Crippen LogP contribution in [0.4, 0.5) is 0 Å². The van der Waals surface area contributed by atoms with Crippen LogP contribution >= 0.6 is 0 Å². The maximum Gasteiger partial charge on any atom is 0.0743 e. The first-order valence-corrected chi connectivity index (χ1v) is 7.31. The third-order valence-corrected chi connectivity index (χ3v) is 4.34. The first-order chi connectivity index (χ1) is 8.88. The van der Waals surface area contributed by atoms with Gasteiger partial charge in [0.05, 0.1) is 5.52 Å². The quantitative estimate of drug-likeness (QED) is 0.666. The van der Waals surface area contributed by atoms with Crippen LogP contribution in [0.25, 0.3) is 10.9 Å². The van der Waals surface area contributed by atoms with Crippen molar-refractivity contribution in [3.05, 3.63) is 40.1 Å². The minimum atomic E-state index is 0.172. The summed E-state index contributed by atoms with van der Waals surface area (Å²) < 4.78 is 0. The topological polar surface area (TPSA) is 12.9 Å². The van der Waals surface area contributed by atoms with Crippen LogP contribution < -0.4 is 0 Å². The number of nitrogens with zero attached hydrogens (tertiary/aromatic N) is 1. The molecular weight excluding hydrogens is 230 g/mol. The van der Waals surface area contributed by atoms with Gasteiger partial charge in [-0.05, 0) is 72.9 Å². The van der Waals surface area contributed by atoms with Crippen molar-refractivity contribution in [3.63, 3.8) is 0 Å². The molecule has 0 saturated carbocycles. The Bertz CT molecular complexity index is 660. The number of pyridine rings is 1. The molecule has 0 N–H and O–H groups in total. The van der Waals surface area contributed by atoms with Crippen molar-refractivity contribution in [2.24, 2.45) is 0 Å². The number of hydrogen-bond donors (Lipinski definition) is 0. The van der Waals surface area contributed by atoms with Gasteiger partial charge < -0.3 is 0 Å². The molecule has 1 aliphatic rings. The second-order valence-electron chi connectivity index (χ2n) is 6.96. The fourth-order valence-corrected chi connectivity index (χ4v) is 3.42. The average molecular weight is 253 g/mol. The highest BCUT2D eigenvalue weighted by atomic mass is 14.7. The molecule has 0 saturated heterocycles. The molecule has 1 aliphatic carbocycles. The number of aromatic nitrogens is 1. The normalized spacial score (nSPS) is 15.0. The van der Waals surface area contributed by atoms with Crippen LogP contribution in [0.5, 0.6) is 0 Å². The minimum absolute atomic E-state index is 0.172. The van der Waals surface area contributed by atoms with Crippen LogP contribution in [0.15, 0.2) is 12.1 Å². The second-order valence-corrected chi connectivity index (χ2v) is 6.96. The standard InChI is InChI=1S/C18H23N/c1-11-9-15-16(18(3,4)5)10-12(2)19-17(15)14-8-6-7-13(11)14/h9-10H,6-8H2,1-5H3. The van der Waals surface area contributed by atoms with Gasteiger partial charge in [-0.3, -0.25) is 4.98 Å². The zero-order valence-electron chi connectivity index (χ0n) is 12.7. The molecule has 0 atom stereocenters. The smallest absolute Gasteiger partial charge is 0.0743 e. The Morgan fingerprint density at radius 1 is 1.00 bits per heavy atom. The van der Waals surface area contributed by atoms with Crippen molar-refractivity contribution >= 4 is 10.9 Å². The van der Waals surface area contributed by atoms with Crippen molar-refractivity contribution in [2.45, 2.75) is 59.3 Å². The predicted octanol–water partition coefficient (Wildman–Crippen LogP) is 4.64. The highest BCUT2D eigenvalue weighted by Gasteiger charge is 2.23. The van der Waals surface area contributed by atoms with E-state index in [0.29, 0.717) is 0 Å². The van der Waals surface area contributed by atoms with Crippen molar-refractivity contribution in [1.82, 2.24) is 4.98 Å². The lowest BCUT2D eigenvalue weighted by Crippen LogP contribution is -2.13. The van der Waals surface area contributed by atoms with Gasteiger partial charge >= 0.3 is 0 Å². The maximum absolute atomic E-state index is 4.86. The van der Waals surface area contributed by atoms with Gasteiger partial charge in [-0.15, -0.1) is 0 Å². The first kappa shape index (κ1) is 12.7. The predicted molar refractivity (Wildman–Crippen MR) is 81.9 cm³/mol. The molecule has 1 aromatic heterocycles. The summed E-state index contributed by atoms with van der Waals surface area (Å²) in [5, 5.41) is 1.37. The Balaban J connectivity index is 2.45. The second kappa shape index (κ2) is 4.06. The van der Waals surface area contributed by atoms with Gasteiger partial charge in [0.15, 0.2) is 0 Å². The Morgan fingerprint density at radius 3 is 2.37 bits per heavy atom. The van der Waals surface area contributed by atoms with Crippen molar-refractivity contribution in [3.8, 4) is 0 Å². The molecule has 19 heavy (non-hydrogen) atoms. The number of rotatable bonds is 0. The van der Waals surface area contributed by atoms with Crippen LogP contribution in [-0.2, 0) is 18.3 Å². The Labute approximate surface area is 116 Å². The van der Waals surface area contributed by atoms with E-state index in [1.54, 1.807) is 5.56 Å². The summed E-state index contributed by atoms with van der Waals surface area (Å²) in [7, 11) is 0. The Morgan fingerprint density at radius 2 is 1.68 bits per heavy atom. The molecule has 3 rings (SSSR count). The van der Waals surface area contributed by atoms with Crippen LogP contribution in [0.2, 0.25) is 0 Å². The maximum atomic E-state index is 4.86. The molecule has 1 aromatic carbocycles. The summed E-state index contributed by atoms with van der Waals surface area (Å²) in [5.41, 5.74) is 8.56. The molecule has 0 bridgehead atoms. The third-order valence-electron chi connectivity index (χ3n) is 4.34. The number of fused-ring (bicyclic) bond motifs is 3. The van der Waals surface area contributed by atoms with E-state index in [1.807, 2.05) is 0 Å². The van der Waals surface area contributed by atoms with E-state index in [4.69, 9.17) is 4.98 Å². The Hall–Kier alpha value is -1.37. The van der Waals surface area contributed by atoms with Gasteiger partial charge in [-0.1, -0.05) is 20.8 Å². The molecule has 0 unspecified atom stereocenters. The molecular formula is C18H23N. The molecule has 0 spiro atoms. The summed E-state index contributed by atoms with van der Waals surface area (Å²) in [6.45, 7) is 11.3. The van der Waals surface area contributed by atoms with E-state index >= 15 is 0 Å². The molecule has 1 heteroatoms. The van der Waals surface area contributed by atoms with Crippen LogP contribution in [0.1, 0.15) is 55.1 Å². The van der Waals surface area contributed by atoms with Crippen LogP contribution in [0, 0.1) is 13.8 Å². The lowest BCUT2D eigenvalue weighted by molar-refractivity contribution is 0.594. The minimum Gasteiger partial charge on any atom is -0.253 e. The van der Waals surface area contributed by atoms with Crippen molar-refractivity contribution in [2.75, 3.05) is 0 Å². The van der Waals surface area contributed by atoms with E-state index in [1.165, 1.54) is 46.9 Å². The Kier molecular flexibility index (Phi) is 2.70. The summed E-state index contributed by atoms with van der Waals surface area (Å²) >= 11 is 0. The zero-order chi connectivity index (χ0) is 13.8. The van der Waals surface area contributed by atoms with Gasteiger partial charge in [0, 0.05) is 11.1 Å². The lowest BCUT2D eigenvalue weighted by atomic mass is 9.83. The van der Waals surface area contributed by atoms with E-state index < -0.39 is 0 Å². The highest BCUT2D eigenvalue weighted by molar-refractivity contribution is 5.88. The van der Waals surface area contributed by atoms with E-state index in [9.17, 15) is 0 Å². The molecule has 0 fully saturated rings. The highest BCUT2D eigenvalue weighted by Crippen LogP contribution is 2.36. The van der Waals surface area contributed by atoms with Gasteiger partial charge in [-0.25, -0.2) is 0 Å². The van der Waals surface area contributed by atoms with Crippen LogP contribution in [0.3, 0.4) is 0 Å². The van der Waals surface area contributed by atoms with Crippen molar-refractivity contribution < 1.29 is 0 Å². The molecule has 0 amide bonds. The fourth-order valence-electron chi connectivity index (χ4n) is 3.42. The molecule has 0 radical (unpaired) electrons. The van der Waals surface area contributed by atoms with Gasteiger partial charge in [0.2, 0.25) is 0 Å². The summed E-state index contributed by atoms with van der Waals surface area (Å²) in [5.74, 6) is 0. The van der Waals surface area contributed by atoms with Gasteiger partial charge in [0.1, 0.15) is 0 Å². The number of benzene rings is 1. The third kappa shape index (κ3) is 1.96. The first-order valence-electron chi connectivity index (χ1n) is 7.31. The molecule has 1 nitrogen and oxygen atoms in total. The SMILES string of the molecule is Cc1cc(C(C)(C)C)c2cc(C)c3c(c2n1)CCC3. The monoisotopic (exact) mass is 253 g/mol. The largest absolute Gasteiger partial charge is 0.253 e. The molecule has 1 heterocycles. The van der Waals surface area contributed by atoms with Crippen molar-refractivity contribution in [1.29, 1.82) is 0 Å². The van der Waals surface area contributed by atoms with E-state index in [2.05, 4.69) is 46.8 Å². The zero-order valence-corrected chi connectivity index (χ0v) is 12.7. The lowest BCUT2D eigenvalue weighted by Gasteiger charge is -2.23. The van der Waals surface area contributed by atoms with E-state index in [-0.39, 0.29) is 5.41 Å². The fraction of sp³-hybridized carbons (Fsp3) is 0.500. The average Bonchev–Trinajstić information content (AvgIpc) is 2.78. The van der Waals surface area contributed by atoms with E-state index in [0.717, 1.165) is 5.69 Å².